The molecule has 0 atom stereocenters. The smallest absolute Gasteiger partial charge is 0.269 e. The lowest BCUT2D eigenvalue weighted by Gasteiger charge is -2.12. The van der Waals surface area contributed by atoms with Gasteiger partial charge in [-0.2, -0.15) is 0 Å². The van der Waals surface area contributed by atoms with Gasteiger partial charge in [-0.15, -0.1) is 0 Å². The molecule has 3 rings (SSSR count). The van der Waals surface area contributed by atoms with Crippen LogP contribution in [0.1, 0.15) is 46.5 Å². The van der Waals surface area contributed by atoms with Crippen LogP contribution in [0, 0.1) is 5.92 Å². The van der Waals surface area contributed by atoms with Crippen molar-refractivity contribution in [3.8, 4) is 11.5 Å². The Balaban J connectivity index is 1.42. The Morgan fingerprint density at radius 2 is 1.50 bits per heavy atom. The van der Waals surface area contributed by atoms with Crippen molar-refractivity contribution in [3.63, 3.8) is 0 Å². The summed E-state index contributed by atoms with van der Waals surface area (Å²) >= 11 is 5.14. The second-order valence-electron chi connectivity index (χ2n) is 8.53. The molecule has 0 fully saturated rings. The maximum Gasteiger partial charge on any atom is 0.269 e. The lowest BCUT2D eigenvalue weighted by molar-refractivity contribution is 0.0934. The molecule has 7 nitrogen and oxygen atoms in total. The molecule has 0 aliphatic rings. The van der Waals surface area contributed by atoms with Crippen LogP contribution in [0.2, 0.25) is 0 Å². The van der Waals surface area contributed by atoms with Gasteiger partial charge in [-0.3, -0.25) is 25.8 Å². The van der Waals surface area contributed by atoms with Crippen molar-refractivity contribution < 1.29 is 19.1 Å². The molecule has 0 spiro atoms. The van der Waals surface area contributed by atoms with Gasteiger partial charge in [0.1, 0.15) is 11.5 Å². The van der Waals surface area contributed by atoms with Crippen LogP contribution in [0.4, 0.5) is 0 Å². The number of hydrogen-bond acceptors (Lipinski definition) is 5. The number of hydrazine groups is 1. The van der Waals surface area contributed by atoms with Crippen molar-refractivity contribution in [2.45, 2.75) is 26.7 Å². The largest absolute Gasteiger partial charge is 0.494 e. The van der Waals surface area contributed by atoms with E-state index >= 15 is 0 Å². The topological polar surface area (TPSA) is 88.7 Å². The van der Waals surface area contributed by atoms with Gasteiger partial charge in [0.15, 0.2) is 5.11 Å². The van der Waals surface area contributed by atoms with E-state index in [4.69, 9.17) is 21.7 Å². The molecule has 0 saturated heterocycles. The number of carbonyl (C=O) groups is 2. The second-order valence-corrected chi connectivity index (χ2v) is 8.94. The number of benzene rings is 3. The minimum absolute atomic E-state index is 0.0302. The summed E-state index contributed by atoms with van der Waals surface area (Å²) in [5.74, 6) is 1.04. The third kappa shape index (κ3) is 9.03. The van der Waals surface area contributed by atoms with E-state index in [-0.39, 0.29) is 5.11 Å². The summed E-state index contributed by atoms with van der Waals surface area (Å²) in [4.78, 5) is 24.9. The van der Waals surface area contributed by atoms with Crippen LogP contribution in [0.25, 0.3) is 0 Å². The van der Waals surface area contributed by atoms with E-state index < -0.39 is 11.8 Å². The number of nitrogens with one attached hydrogen (secondary N) is 3. The molecule has 36 heavy (non-hydrogen) atoms. The molecule has 0 bridgehead atoms. The van der Waals surface area contributed by atoms with Crippen molar-refractivity contribution in [1.82, 2.24) is 16.2 Å². The van der Waals surface area contributed by atoms with Crippen molar-refractivity contribution in [1.29, 1.82) is 0 Å². The van der Waals surface area contributed by atoms with Crippen molar-refractivity contribution in [3.05, 3.63) is 95.6 Å². The molecule has 0 radical (unpaired) electrons. The molecule has 0 heterocycles. The number of carbonyl (C=O) groups excluding carboxylic acids is 2. The number of thiocarbonyl (C=S) groups is 1. The summed E-state index contributed by atoms with van der Waals surface area (Å²) in [6.07, 6.45) is 1.72. The SMILES string of the molecule is CC(C)CCOc1ccc(C(=O)NNC(=S)NC(=O)c2cccc(OCCc3ccccc3)c2)cc1. The van der Waals surface area contributed by atoms with Gasteiger partial charge in [-0.05, 0) is 72.6 Å². The highest BCUT2D eigenvalue weighted by molar-refractivity contribution is 7.80. The Labute approximate surface area is 217 Å². The summed E-state index contributed by atoms with van der Waals surface area (Å²) in [5, 5.41) is 2.51. The fraction of sp³-hybridized carbons (Fsp3) is 0.250. The highest BCUT2D eigenvalue weighted by Crippen LogP contribution is 2.15. The predicted molar refractivity (Wildman–Crippen MR) is 144 cm³/mol. The van der Waals surface area contributed by atoms with E-state index in [1.54, 1.807) is 48.5 Å². The van der Waals surface area contributed by atoms with Crippen LogP contribution < -0.4 is 25.6 Å². The minimum atomic E-state index is -0.418. The van der Waals surface area contributed by atoms with E-state index in [1.807, 2.05) is 30.3 Å². The Bertz CT molecular complexity index is 1150. The van der Waals surface area contributed by atoms with Crippen molar-refractivity contribution in [2.75, 3.05) is 13.2 Å². The molecule has 0 aliphatic carbocycles. The molecule has 2 amide bonds. The first-order valence-electron chi connectivity index (χ1n) is 11.8. The number of rotatable bonds is 10. The zero-order valence-corrected chi connectivity index (χ0v) is 21.3. The molecular weight excluding hydrogens is 474 g/mol. The van der Waals surface area contributed by atoms with Gasteiger partial charge >= 0.3 is 0 Å². The zero-order chi connectivity index (χ0) is 25.8. The summed E-state index contributed by atoms with van der Waals surface area (Å²) in [6.45, 7) is 5.39. The van der Waals surface area contributed by atoms with Gasteiger partial charge in [-0.1, -0.05) is 50.2 Å². The number of hydrogen-bond donors (Lipinski definition) is 3. The highest BCUT2D eigenvalue weighted by atomic mass is 32.1. The maximum absolute atomic E-state index is 12.6. The first-order valence-corrected chi connectivity index (χ1v) is 12.2. The monoisotopic (exact) mass is 505 g/mol. The normalized spacial score (nSPS) is 10.4. The molecule has 0 aromatic heterocycles. The summed E-state index contributed by atoms with van der Waals surface area (Å²) in [5.41, 5.74) is 7.01. The van der Waals surface area contributed by atoms with Crippen molar-refractivity contribution in [2.24, 2.45) is 5.92 Å². The highest BCUT2D eigenvalue weighted by Gasteiger charge is 2.11. The molecule has 188 valence electrons. The summed E-state index contributed by atoms with van der Waals surface area (Å²) in [6, 6.07) is 23.7. The molecule has 0 saturated carbocycles. The average molecular weight is 506 g/mol. The molecular formula is C28H31N3O4S. The van der Waals surface area contributed by atoms with E-state index in [0.29, 0.717) is 41.8 Å². The van der Waals surface area contributed by atoms with E-state index in [9.17, 15) is 9.59 Å². The summed E-state index contributed by atoms with van der Waals surface area (Å²) in [7, 11) is 0. The molecule has 0 aliphatic heterocycles. The van der Waals surface area contributed by atoms with Crippen molar-refractivity contribution >= 4 is 29.1 Å². The maximum atomic E-state index is 12.6. The van der Waals surface area contributed by atoms with Crippen LogP contribution in [0.3, 0.4) is 0 Å². The van der Waals surface area contributed by atoms with Crippen LogP contribution >= 0.6 is 12.2 Å². The second kappa shape index (κ2) is 13.8. The molecule has 3 aromatic rings. The lowest BCUT2D eigenvalue weighted by atomic mass is 10.1. The van der Waals surface area contributed by atoms with Gasteiger partial charge in [0.25, 0.3) is 11.8 Å². The van der Waals surface area contributed by atoms with E-state index in [1.165, 1.54) is 5.56 Å². The van der Waals surface area contributed by atoms with Crippen LogP contribution in [-0.2, 0) is 6.42 Å². The third-order valence-corrected chi connectivity index (χ3v) is 5.40. The van der Waals surface area contributed by atoms with E-state index in [0.717, 1.165) is 12.8 Å². The molecule has 0 unspecified atom stereocenters. The molecule has 3 N–H and O–H groups in total. The fourth-order valence-electron chi connectivity index (χ4n) is 3.17. The van der Waals surface area contributed by atoms with Gasteiger partial charge in [0, 0.05) is 17.5 Å². The Kier molecular flexibility index (Phi) is 10.3. The van der Waals surface area contributed by atoms with Crippen LogP contribution in [0.5, 0.6) is 11.5 Å². The van der Waals surface area contributed by atoms with Gasteiger partial charge in [0.2, 0.25) is 0 Å². The van der Waals surface area contributed by atoms with Gasteiger partial charge in [0.05, 0.1) is 13.2 Å². The molecule has 3 aromatic carbocycles. The van der Waals surface area contributed by atoms with E-state index in [2.05, 4.69) is 30.0 Å². The standard InChI is InChI=1S/C28H31N3O4S/c1-20(2)15-17-34-24-13-11-22(12-14-24)27(33)30-31-28(36)29-26(32)23-9-6-10-25(19-23)35-18-16-21-7-4-3-5-8-21/h3-14,19-20H,15-18H2,1-2H3,(H,30,33)(H2,29,31,32,36). The zero-order valence-electron chi connectivity index (χ0n) is 20.5. The third-order valence-electron chi connectivity index (χ3n) is 5.20. The summed E-state index contributed by atoms with van der Waals surface area (Å²) < 4.78 is 11.4. The average Bonchev–Trinajstić information content (AvgIpc) is 2.88. The minimum Gasteiger partial charge on any atom is -0.494 e. The lowest BCUT2D eigenvalue weighted by Crippen LogP contribution is -2.48. The fourth-order valence-corrected chi connectivity index (χ4v) is 3.31. The molecule has 8 heteroatoms. The first kappa shape index (κ1) is 26.7. The van der Waals surface area contributed by atoms with Gasteiger partial charge in [-0.25, -0.2) is 0 Å². The quantitative estimate of drug-likeness (QED) is 0.274. The van der Waals surface area contributed by atoms with Crippen LogP contribution in [0.15, 0.2) is 78.9 Å². The predicted octanol–water partition coefficient (Wildman–Crippen LogP) is 4.68. The van der Waals surface area contributed by atoms with Gasteiger partial charge < -0.3 is 9.47 Å². The Hall–Kier alpha value is -3.91. The Morgan fingerprint density at radius 1 is 0.778 bits per heavy atom. The first-order chi connectivity index (χ1) is 17.4. The number of amides is 2. The Morgan fingerprint density at radius 3 is 2.22 bits per heavy atom. The van der Waals surface area contributed by atoms with Crippen LogP contribution in [-0.4, -0.2) is 30.1 Å². The number of ether oxygens (including phenoxy) is 2.